The Hall–Kier alpha value is -3.14. The molecule has 0 amide bonds. The summed E-state index contributed by atoms with van der Waals surface area (Å²) < 4.78 is 21.4. The maximum Gasteiger partial charge on any atom is 0.508 e. The van der Waals surface area contributed by atoms with Crippen LogP contribution in [-0.4, -0.2) is 47.9 Å². The zero-order chi connectivity index (χ0) is 28.3. The van der Waals surface area contributed by atoms with Crippen molar-refractivity contribution in [1.82, 2.24) is 0 Å². The Kier molecular flexibility index (Phi) is 12.6. The Morgan fingerprint density at radius 2 is 1.49 bits per heavy atom. The zero-order valence-corrected chi connectivity index (χ0v) is 22.9. The van der Waals surface area contributed by atoms with Crippen LogP contribution in [0.1, 0.15) is 85.6 Å². The van der Waals surface area contributed by atoms with Crippen LogP contribution < -0.4 is 15.2 Å². The van der Waals surface area contributed by atoms with E-state index in [4.69, 9.17) is 24.7 Å². The van der Waals surface area contributed by atoms with Crippen molar-refractivity contribution in [2.45, 2.75) is 92.2 Å². The van der Waals surface area contributed by atoms with Gasteiger partial charge in [-0.2, -0.15) is 0 Å². The van der Waals surface area contributed by atoms with Crippen LogP contribution in [0, 0.1) is 11.3 Å². The fraction of sp³-hybridized carbons (Fsp3) is 0.630. The zero-order valence-electron chi connectivity index (χ0n) is 22.9. The van der Waals surface area contributed by atoms with Gasteiger partial charge in [-0.05, 0) is 42.9 Å². The number of benzene rings is 1. The van der Waals surface area contributed by atoms with E-state index in [-0.39, 0.29) is 36.4 Å². The lowest BCUT2D eigenvalue weighted by molar-refractivity contribution is -0.140. The van der Waals surface area contributed by atoms with Gasteiger partial charge in [0, 0.05) is 24.7 Å². The fourth-order valence-corrected chi connectivity index (χ4v) is 3.50. The van der Waals surface area contributed by atoms with Crippen molar-refractivity contribution >= 4 is 24.1 Å². The third kappa shape index (κ3) is 10.8. The summed E-state index contributed by atoms with van der Waals surface area (Å²) >= 11 is 0. The van der Waals surface area contributed by atoms with Gasteiger partial charge in [0.25, 0.3) is 0 Å². The predicted octanol–water partition coefficient (Wildman–Crippen LogP) is 4.82. The van der Waals surface area contributed by atoms with E-state index in [0.717, 1.165) is 0 Å². The van der Waals surface area contributed by atoms with E-state index >= 15 is 0 Å². The summed E-state index contributed by atoms with van der Waals surface area (Å²) in [6.45, 7) is 12.8. The number of nitrogens with two attached hydrogens (primary N) is 1. The van der Waals surface area contributed by atoms with Crippen LogP contribution in [0.25, 0.3) is 0 Å². The van der Waals surface area contributed by atoms with Crippen molar-refractivity contribution < 1.29 is 43.2 Å². The molecule has 208 valence electrons. The van der Waals surface area contributed by atoms with Gasteiger partial charge in [0.2, 0.25) is 0 Å². The highest BCUT2D eigenvalue weighted by molar-refractivity contribution is 5.77. The molecule has 0 aliphatic heterocycles. The highest BCUT2D eigenvalue weighted by atomic mass is 16.7. The molecule has 0 aliphatic rings. The second-order valence-electron chi connectivity index (χ2n) is 10.3. The molecular weight excluding hydrogens is 482 g/mol. The van der Waals surface area contributed by atoms with Gasteiger partial charge < -0.3 is 29.8 Å². The Morgan fingerprint density at radius 3 is 1.97 bits per heavy atom. The monoisotopic (exact) mass is 523 g/mol. The molecule has 0 saturated carbocycles. The van der Waals surface area contributed by atoms with Crippen LogP contribution in [0.5, 0.6) is 11.5 Å². The summed E-state index contributed by atoms with van der Waals surface area (Å²) in [5.41, 5.74) is 6.23. The van der Waals surface area contributed by atoms with Crippen LogP contribution in [0.3, 0.4) is 0 Å². The molecule has 10 heteroatoms. The van der Waals surface area contributed by atoms with Gasteiger partial charge in [-0.1, -0.05) is 47.6 Å². The molecule has 3 unspecified atom stereocenters. The van der Waals surface area contributed by atoms with Crippen LogP contribution in [-0.2, 0) is 23.9 Å². The van der Waals surface area contributed by atoms with E-state index in [1.807, 2.05) is 34.6 Å². The van der Waals surface area contributed by atoms with Gasteiger partial charge in [-0.3, -0.25) is 14.4 Å². The van der Waals surface area contributed by atoms with E-state index in [1.165, 1.54) is 12.1 Å². The van der Waals surface area contributed by atoms with E-state index < -0.39 is 48.0 Å². The molecule has 1 aromatic rings. The van der Waals surface area contributed by atoms with Crippen molar-refractivity contribution in [3.8, 4) is 11.5 Å². The largest absolute Gasteiger partial charge is 0.508 e. The number of carboxylic acid groups (broad SMARTS) is 1. The number of carboxylic acids is 1. The van der Waals surface area contributed by atoms with Crippen molar-refractivity contribution in [2.24, 2.45) is 17.1 Å². The molecule has 0 bridgehead atoms. The van der Waals surface area contributed by atoms with Gasteiger partial charge in [-0.15, -0.1) is 0 Å². The predicted molar refractivity (Wildman–Crippen MR) is 136 cm³/mol. The first-order valence-corrected chi connectivity index (χ1v) is 12.6. The van der Waals surface area contributed by atoms with Crippen molar-refractivity contribution in [1.29, 1.82) is 0 Å². The lowest BCUT2D eigenvalue weighted by atomic mass is 9.79. The summed E-state index contributed by atoms with van der Waals surface area (Å²) in [5, 5.41) is 9.71. The molecule has 1 aromatic carbocycles. The first-order valence-electron chi connectivity index (χ1n) is 12.6. The molecule has 37 heavy (non-hydrogen) atoms. The Labute approximate surface area is 218 Å². The number of aliphatic carboxylic acids is 1. The minimum atomic E-state index is -1.38. The van der Waals surface area contributed by atoms with Crippen LogP contribution in [0.15, 0.2) is 18.2 Å². The summed E-state index contributed by atoms with van der Waals surface area (Å²) in [6, 6.07) is 3.06. The van der Waals surface area contributed by atoms with Gasteiger partial charge >= 0.3 is 24.1 Å². The van der Waals surface area contributed by atoms with Gasteiger partial charge in [-0.25, -0.2) is 4.79 Å². The average molecular weight is 524 g/mol. The minimum Gasteiger partial charge on any atom is -0.480 e. The molecule has 0 aliphatic carbocycles. The SMILES string of the molecule is CCCC(=O)Oc1ccc(C(C(C)C(C)OC(=O)OCC(C)(C)C)[C@H](N)C(=O)O)cc1OC(=O)CCC. The topological polar surface area (TPSA) is 151 Å². The summed E-state index contributed by atoms with van der Waals surface area (Å²) in [6.07, 6.45) is -0.200. The minimum absolute atomic E-state index is 0.0200. The van der Waals surface area contributed by atoms with Crippen molar-refractivity contribution in [3.63, 3.8) is 0 Å². The molecule has 0 saturated heterocycles. The molecule has 0 aromatic heterocycles. The van der Waals surface area contributed by atoms with Crippen molar-refractivity contribution in [3.05, 3.63) is 23.8 Å². The number of carbonyl (C=O) groups is 4. The normalized spacial score (nSPS) is 14.6. The number of ether oxygens (including phenoxy) is 4. The smallest absolute Gasteiger partial charge is 0.480 e. The summed E-state index contributed by atoms with van der Waals surface area (Å²) in [5.74, 6) is -3.70. The number of hydrogen-bond donors (Lipinski definition) is 2. The Morgan fingerprint density at radius 1 is 0.946 bits per heavy atom. The van der Waals surface area contributed by atoms with E-state index in [0.29, 0.717) is 18.4 Å². The number of rotatable bonds is 13. The maximum atomic E-state index is 12.2. The van der Waals surface area contributed by atoms with Crippen LogP contribution in [0.2, 0.25) is 0 Å². The molecule has 1 rings (SSSR count). The van der Waals surface area contributed by atoms with Gasteiger partial charge in [0.05, 0.1) is 6.61 Å². The molecular formula is C27H41NO9. The number of esters is 2. The first-order chi connectivity index (χ1) is 17.2. The van der Waals surface area contributed by atoms with Gasteiger partial charge in [0.1, 0.15) is 12.1 Å². The number of carbonyl (C=O) groups excluding carboxylic acids is 3. The van der Waals surface area contributed by atoms with E-state index in [1.54, 1.807) is 19.9 Å². The second-order valence-corrected chi connectivity index (χ2v) is 10.3. The third-order valence-electron chi connectivity index (χ3n) is 5.59. The average Bonchev–Trinajstić information content (AvgIpc) is 2.79. The first kappa shape index (κ1) is 31.9. The summed E-state index contributed by atoms with van der Waals surface area (Å²) in [4.78, 5) is 48.4. The lowest BCUT2D eigenvalue weighted by Gasteiger charge is -2.31. The van der Waals surface area contributed by atoms with Crippen LogP contribution in [0.4, 0.5) is 4.79 Å². The fourth-order valence-electron chi connectivity index (χ4n) is 3.50. The highest BCUT2D eigenvalue weighted by Crippen LogP contribution is 2.37. The number of hydrogen-bond acceptors (Lipinski definition) is 9. The maximum absolute atomic E-state index is 12.2. The van der Waals surface area contributed by atoms with Crippen LogP contribution >= 0.6 is 0 Å². The Balaban J connectivity index is 3.34. The van der Waals surface area contributed by atoms with Crippen molar-refractivity contribution in [2.75, 3.05) is 6.61 Å². The quantitative estimate of drug-likeness (QED) is 0.272. The van der Waals surface area contributed by atoms with E-state index in [2.05, 4.69) is 0 Å². The molecule has 0 fully saturated rings. The lowest BCUT2D eigenvalue weighted by Crippen LogP contribution is -2.42. The summed E-state index contributed by atoms with van der Waals surface area (Å²) in [7, 11) is 0. The standard InChI is InChI=1S/C27H41NO9/c1-8-10-21(29)36-19-13-12-18(14-20(19)37-22(30)11-9-2)23(24(28)25(31)32)16(3)17(4)35-26(33)34-15-27(5,6)7/h12-14,16-17,23-24H,8-11,15,28H2,1-7H3,(H,31,32)/t16?,17?,23?,24-/m0/s1. The third-order valence-corrected chi connectivity index (χ3v) is 5.59. The molecule has 0 heterocycles. The highest BCUT2D eigenvalue weighted by Gasteiger charge is 2.36. The molecule has 10 nitrogen and oxygen atoms in total. The molecule has 0 spiro atoms. The van der Waals surface area contributed by atoms with Gasteiger partial charge in [0.15, 0.2) is 11.5 Å². The Bertz CT molecular complexity index is 938. The molecule has 3 N–H and O–H groups in total. The second kappa shape index (κ2) is 14.6. The van der Waals surface area contributed by atoms with E-state index in [9.17, 15) is 24.3 Å². The molecule has 4 atom stereocenters. The molecule has 0 radical (unpaired) electrons.